The summed E-state index contributed by atoms with van der Waals surface area (Å²) in [6, 6.07) is 10.3. The first-order chi connectivity index (χ1) is 9.83. The van der Waals surface area contributed by atoms with E-state index >= 15 is 0 Å². The van der Waals surface area contributed by atoms with Gasteiger partial charge >= 0.3 is 0 Å². The molecule has 1 aromatic heterocycles. The fourth-order valence-electron chi connectivity index (χ4n) is 2.66. The van der Waals surface area contributed by atoms with Crippen LogP contribution in [0.2, 0.25) is 0 Å². The summed E-state index contributed by atoms with van der Waals surface area (Å²) >= 11 is 3.45. The molecule has 2 atom stereocenters. The lowest BCUT2D eigenvalue weighted by Gasteiger charge is -2.31. The SMILES string of the molecule is Brc1ccc(CO[C@@H]2CNCC[C@@H]2c2ccoc2)cc1. The monoisotopic (exact) mass is 335 g/mol. The standard InChI is InChI=1S/C16H18BrNO2/c17-14-3-1-12(2-4-14)10-20-16-9-18-7-5-15(16)13-6-8-19-11-13/h1-4,6,8,11,15-16,18H,5,7,9-10H2/t15-,16-/m1/s1. The Balaban J connectivity index is 1.64. The largest absolute Gasteiger partial charge is 0.472 e. The van der Waals surface area contributed by atoms with Crippen molar-refractivity contribution in [2.75, 3.05) is 13.1 Å². The first-order valence-corrected chi connectivity index (χ1v) is 7.71. The van der Waals surface area contributed by atoms with E-state index in [0.29, 0.717) is 12.5 Å². The number of ether oxygens (including phenoxy) is 1. The van der Waals surface area contributed by atoms with E-state index in [0.717, 1.165) is 24.0 Å². The van der Waals surface area contributed by atoms with Crippen LogP contribution in [0.4, 0.5) is 0 Å². The Morgan fingerprint density at radius 1 is 1.25 bits per heavy atom. The normalized spacial score (nSPS) is 22.9. The van der Waals surface area contributed by atoms with Gasteiger partial charge in [0.15, 0.2) is 0 Å². The molecule has 0 saturated carbocycles. The number of rotatable bonds is 4. The third-order valence-corrected chi connectivity index (χ3v) is 4.30. The number of hydrogen-bond acceptors (Lipinski definition) is 3. The molecule has 0 aliphatic carbocycles. The number of piperidine rings is 1. The predicted octanol–water partition coefficient (Wildman–Crippen LogP) is 3.70. The molecule has 2 aromatic rings. The van der Waals surface area contributed by atoms with Gasteiger partial charge in [0.05, 0.1) is 25.2 Å². The van der Waals surface area contributed by atoms with E-state index in [1.54, 1.807) is 6.26 Å². The van der Waals surface area contributed by atoms with Crippen LogP contribution in [-0.4, -0.2) is 19.2 Å². The number of hydrogen-bond donors (Lipinski definition) is 1. The van der Waals surface area contributed by atoms with E-state index in [9.17, 15) is 0 Å². The molecule has 1 fully saturated rings. The maximum absolute atomic E-state index is 6.13. The predicted molar refractivity (Wildman–Crippen MR) is 81.7 cm³/mol. The zero-order valence-corrected chi connectivity index (χ0v) is 12.8. The van der Waals surface area contributed by atoms with Crippen molar-refractivity contribution in [3.05, 3.63) is 58.5 Å². The van der Waals surface area contributed by atoms with Gasteiger partial charge in [0.2, 0.25) is 0 Å². The number of nitrogens with one attached hydrogen (secondary N) is 1. The molecular formula is C16H18BrNO2. The summed E-state index contributed by atoms with van der Waals surface area (Å²) < 4.78 is 12.4. The third kappa shape index (κ3) is 3.32. The Morgan fingerprint density at radius 3 is 2.85 bits per heavy atom. The Kier molecular flexibility index (Phi) is 4.55. The minimum atomic E-state index is 0.199. The van der Waals surface area contributed by atoms with Gasteiger partial charge in [-0.05, 0) is 42.3 Å². The van der Waals surface area contributed by atoms with Crippen molar-refractivity contribution in [2.24, 2.45) is 0 Å². The second-order valence-electron chi connectivity index (χ2n) is 5.13. The van der Waals surface area contributed by atoms with Crippen LogP contribution in [0.1, 0.15) is 23.5 Å². The molecule has 0 unspecified atom stereocenters. The van der Waals surface area contributed by atoms with Crippen LogP contribution in [0.5, 0.6) is 0 Å². The highest BCUT2D eigenvalue weighted by molar-refractivity contribution is 9.10. The van der Waals surface area contributed by atoms with Gasteiger partial charge in [-0.15, -0.1) is 0 Å². The zero-order valence-electron chi connectivity index (χ0n) is 11.2. The molecule has 1 aromatic carbocycles. The van der Waals surface area contributed by atoms with Crippen molar-refractivity contribution in [1.29, 1.82) is 0 Å². The van der Waals surface area contributed by atoms with Gasteiger partial charge < -0.3 is 14.5 Å². The van der Waals surface area contributed by atoms with Crippen LogP contribution in [-0.2, 0) is 11.3 Å². The number of benzene rings is 1. The lowest BCUT2D eigenvalue weighted by molar-refractivity contribution is 0.0105. The van der Waals surface area contributed by atoms with Gasteiger partial charge in [-0.1, -0.05) is 28.1 Å². The average Bonchev–Trinajstić information content (AvgIpc) is 3.01. The first kappa shape index (κ1) is 13.9. The molecule has 4 heteroatoms. The van der Waals surface area contributed by atoms with Crippen LogP contribution in [0, 0.1) is 0 Å². The van der Waals surface area contributed by atoms with E-state index in [2.05, 4.69) is 33.4 Å². The van der Waals surface area contributed by atoms with Gasteiger partial charge in [0, 0.05) is 16.9 Å². The smallest absolute Gasteiger partial charge is 0.0938 e. The lowest BCUT2D eigenvalue weighted by Crippen LogP contribution is -2.40. The van der Waals surface area contributed by atoms with Crippen LogP contribution < -0.4 is 5.32 Å². The van der Waals surface area contributed by atoms with Crippen molar-refractivity contribution < 1.29 is 9.15 Å². The second-order valence-corrected chi connectivity index (χ2v) is 6.05. The van der Waals surface area contributed by atoms with Crippen molar-refractivity contribution >= 4 is 15.9 Å². The van der Waals surface area contributed by atoms with Gasteiger partial charge in [0.25, 0.3) is 0 Å². The summed E-state index contributed by atoms with van der Waals surface area (Å²) in [5.41, 5.74) is 2.44. The molecule has 2 heterocycles. The van der Waals surface area contributed by atoms with E-state index < -0.39 is 0 Å². The quantitative estimate of drug-likeness (QED) is 0.924. The Morgan fingerprint density at radius 2 is 2.10 bits per heavy atom. The molecule has 0 amide bonds. The summed E-state index contributed by atoms with van der Waals surface area (Å²) in [5, 5.41) is 3.41. The number of halogens is 1. The van der Waals surface area contributed by atoms with Crippen LogP contribution >= 0.6 is 15.9 Å². The molecule has 1 aliphatic rings. The fourth-order valence-corrected chi connectivity index (χ4v) is 2.92. The van der Waals surface area contributed by atoms with E-state index in [1.165, 1.54) is 11.1 Å². The van der Waals surface area contributed by atoms with Crippen molar-refractivity contribution in [1.82, 2.24) is 5.32 Å². The third-order valence-electron chi connectivity index (χ3n) is 3.78. The molecule has 3 rings (SSSR count). The summed E-state index contributed by atoms with van der Waals surface area (Å²) in [5.74, 6) is 0.422. The van der Waals surface area contributed by atoms with Gasteiger partial charge in [0.1, 0.15) is 0 Å². The van der Waals surface area contributed by atoms with Gasteiger partial charge in [-0.25, -0.2) is 0 Å². The minimum absolute atomic E-state index is 0.199. The highest BCUT2D eigenvalue weighted by Gasteiger charge is 2.27. The Bertz CT molecular complexity index is 524. The molecule has 106 valence electrons. The van der Waals surface area contributed by atoms with E-state index in [-0.39, 0.29) is 6.10 Å². The molecular weight excluding hydrogens is 318 g/mol. The summed E-state index contributed by atoms with van der Waals surface area (Å²) in [6.45, 7) is 2.58. The first-order valence-electron chi connectivity index (χ1n) is 6.92. The van der Waals surface area contributed by atoms with Crippen molar-refractivity contribution in [3.63, 3.8) is 0 Å². The van der Waals surface area contributed by atoms with Gasteiger partial charge in [-0.2, -0.15) is 0 Å². The van der Waals surface area contributed by atoms with E-state index in [1.807, 2.05) is 24.5 Å². The average molecular weight is 336 g/mol. The molecule has 20 heavy (non-hydrogen) atoms. The molecule has 0 bridgehead atoms. The lowest BCUT2D eigenvalue weighted by atomic mass is 9.89. The highest BCUT2D eigenvalue weighted by Crippen LogP contribution is 2.28. The van der Waals surface area contributed by atoms with Gasteiger partial charge in [-0.3, -0.25) is 0 Å². The molecule has 0 spiro atoms. The van der Waals surface area contributed by atoms with Crippen LogP contribution in [0.25, 0.3) is 0 Å². The summed E-state index contributed by atoms with van der Waals surface area (Å²) in [4.78, 5) is 0. The molecule has 3 nitrogen and oxygen atoms in total. The molecule has 1 aliphatic heterocycles. The fraction of sp³-hybridized carbons (Fsp3) is 0.375. The maximum Gasteiger partial charge on any atom is 0.0938 e. The Labute approximate surface area is 127 Å². The molecule has 1 N–H and O–H groups in total. The van der Waals surface area contributed by atoms with Crippen LogP contribution in [0.3, 0.4) is 0 Å². The zero-order chi connectivity index (χ0) is 13.8. The maximum atomic E-state index is 6.13. The van der Waals surface area contributed by atoms with Crippen LogP contribution in [0.15, 0.2) is 51.7 Å². The molecule has 0 radical (unpaired) electrons. The number of furan rings is 1. The van der Waals surface area contributed by atoms with Crippen molar-refractivity contribution in [2.45, 2.75) is 25.0 Å². The highest BCUT2D eigenvalue weighted by atomic mass is 79.9. The van der Waals surface area contributed by atoms with Crippen molar-refractivity contribution in [3.8, 4) is 0 Å². The van der Waals surface area contributed by atoms with E-state index in [4.69, 9.17) is 9.15 Å². The summed E-state index contributed by atoms with van der Waals surface area (Å²) in [6.07, 6.45) is 4.87. The minimum Gasteiger partial charge on any atom is -0.472 e. The molecule has 1 saturated heterocycles. The summed E-state index contributed by atoms with van der Waals surface area (Å²) in [7, 11) is 0. The topological polar surface area (TPSA) is 34.4 Å². The second kappa shape index (κ2) is 6.57. The Hall–Kier alpha value is -1.10.